The molecule has 3 N–H and O–H groups in total. The molecule has 1 heterocycles. The first-order valence-corrected chi connectivity index (χ1v) is 9.49. The molecule has 26 heavy (non-hydrogen) atoms. The molecule has 0 aliphatic heterocycles. The second-order valence-corrected chi connectivity index (χ2v) is 7.46. The number of hydrogen-bond acceptors (Lipinski definition) is 4. The largest absolute Gasteiger partial charge is 0.481 e. The summed E-state index contributed by atoms with van der Waals surface area (Å²) in [6.45, 7) is 3.40. The Hall–Kier alpha value is -2.12. The van der Waals surface area contributed by atoms with Crippen LogP contribution in [0.2, 0.25) is 5.02 Å². The molecule has 0 atom stereocenters. The van der Waals surface area contributed by atoms with Crippen LogP contribution in [0.4, 0.5) is 0 Å². The van der Waals surface area contributed by atoms with Crippen molar-refractivity contribution in [3.8, 4) is 0 Å². The Morgan fingerprint density at radius 3 is 2.42 bits per heavy atom. The predicted octanol–water partition coefficient (Wildman–Crippen LogP) is 3.43. The van der Waals surface area contributed by atoms with Crippen molar-refractivity contribution in [3.05, 3.63) is 34.2 Å². The van der Waals surface area contributed by atoms with Crippen LogP contribution in [0.25, 0.3) is 10.1 Å². The third-order valence-electron chi connectivity index (χ3n) is 4.40. The second-order valence-electron chi connectivity index (χ2n) is 6.03. The molecule has 0 spiro atoms. The number of rotatable bonds is 8. The van der Waals surface area contributed by atoms with Crippen LogP contribution in [0.15, 0.2) is 24.3 Å². The maximum Gasteiger partial charge on any atom is 0.305 e. The van der Waals surface area contributed by atoms with Crippen molar-refractivity contribution in [3.63, 3.8) is 0 Å². The molecule has 6 nitrogen and oxygen atoms in total. The fraction of sp³-hybridized carbons (Fsp3) is 0.389. The van der Waals surface area contributed by atoms with Crippen molar-refractivity contribution in [1.29, 1.82) is 0 Å². The summed E-state index contributed by atoms with van der Waals surface area (Å²) >= 11 is 7.52. The van der Waals surface area contributed by atoms with E-state index in [1.54, 1.807) is 0 Å². The zero-order valence-electron chi connectivity index (χ0n) is 14.6. The summed E-state index contributed by atoms with van der Waals surface area (Å²) in [4.78, 5) is 36.0. The molecule has 1 aromatic heterocycles. The van der Waals surface area contributed by atoms with Crippen LogP contribution in [0.5, 0.6) is 0 Å². The van der Waals surface area contributed by atoms with Crippen molar-refractivity contribution in [1.82, 2.24) is 10.6 Å². The predicted molar refractivity (Wildman–Crippen MR) is 103 cm³/mol. The maximum atomic E-state index is 12.4. The summed E-state index contributed by atoms with van der Waals surface area (Å²) in [6, 6.07) is 7.41. The van der Waals surface area contributed by atoms with Crippen LogP contribution in [-0.2, 0) is 9.59 Å². The average Bonchev–Trinajstić information content (AvgIpc) is 2.96. The number of benzene rings is 1. The van der Waals surface area contributed by atoms with Crippen molar-refractivity contribution in [2.45, 2.75) is 38.6 Å². The van der Waals surface area contributed by atoms with Gasteiger partial charge in [-0.25, -0.2) is 0 Å². The number of thiophene rings is 1. The highest BCUT2D eigenvalue weighted by molar-refractivity contribution is 7.21. The lowest BCUT2D eigenvalue weighted by Gasteiger charge is -2.31. The number of carbonyl (C=O) groups is 3. The number of fused-ring (bicyclic) bond motifs is 1. The van der Waals surface area contributed by atoms with E-state index in [1.807, 2.05) is 38.1 Å². The van der Waals surface area contributed by atoms with Crippen molar-refractivity contribution in [2.24, 2.45) is 0 Å². The van der Waals surface area contributed by atoms with Gasteiger partial charge in [0.15, 0.2) is 0 Å². The Morgan fingerprint density at radius 2 is 1.85 bits per heavy atom. The first kappa shape index (κ1) is 20.2. The molecule has 0 saturated heterocycles. The van der Waals surface area contributed by atoms with Crippen molar-refractivity contribution >= 4 is 50.8 Å². The van der Waals surface area contributed by atoms with Crippen LogP contribution in [-0.4, -0.2) is 35.0 Å². The lowest BCUT2D eigenvalue weighted by Crippen LogP contribution is -2.51. The molecule has 0 bridgehead atoms. The van der Waals surface area contributed by atoms with Gasteiger partial charge in [-0.2, -0.15) is 0 Å². The van der Waals surface area contributed by atoms with Gasteiger partial charge in [0.1, 0.15) is 4.88 Å². The Labute approximate surface area is 160 Å². The number of halogens is 1. The third-order valence-corrected chi connectivity index (χ3v) is 6.07. The van der Waals surface area contributed by atoms with Gasteiger partial charge in [-0.3, -0.25) is 14.4 Å². The lowest BCUT2D eigenvalue weighted by atomic mass is 9.89. The molecule has 8 heteroatoms. The maximum absolute atomic E-state index is 12.4. The molecule has 2 amide bonds. The number of hydrogen-bond donors (Lipinski definition) is 3. The summed E-state index contributed by atoms with van der Waals surface area (Å²) in [6.07, 6.45) is 0.803. The molecular formula is C18H21ClN2O4S. The summed E-state index contributed by atoms with van der Waals surface area (Å²) in [5.41, 5.74) is -0.817. The van der Waals surface area contributed by atoms with E-state index in [2.05, 4.69) is 10.6 Å². The molecule has 0 saturated carbocycles. The minimum absolute atomic E-state index is 0.165. The van der Waals surface area contributed by atoms with E-state index in [1.165, 1.54) is 11.3 Å². The van der Waals surface area contributed by atoms with Crippen LogP contribution < -0.4 is 10.6 Å². The summed E-state index contributed by atoms with van der Waals surface area (Å²) in [5, 5.41) is 15.5. The van der Waals surface area contributed by atoms with E-state index < -0.39 is 23.3 Å². The minimum Gasteiger partial charge on any atom is -0.481 e. The van der Waals surface area contributed by atoms with Crippen LogP contribution in [0, 0.1) is 0 Å². The first-order valence-electron chi connectivity index (χ1n) is 8.30. The number of carbonyl (C=O) groups excluding carboxylic acids is 2. The number of nitrogens with one attached hydrogen (secondary N) is 2. The zero-order chi connectivity index (χ0) is 19.3. The highest BCUT2D eigenvalue weighted by atomic mass is 35.5. The van der Waals surface area contributed by atoms with Gasteiger partial charge >= 0.3 is 5.97 Å². The summed E-state index contributed by atoms with van der Waals surface area (Å²) in [5.74, 6) is -1.83. The standard InChI is InChI=1S/C18H21ClN2O4S/c1-3-18(4-2,9-14(23)24)21-13(22)10-20-17(25)16-15(19)11-7-5-6-8-12(11)26-16/h5-8H,3-4,9-10H2,1-2H3,(H,20,25)(H,21,22)(H,23,24). The lowest BCUT2D eigenvalue weighted by molar-refractivity contribution is -0.139. The third kappa shape index (κ3) is 4.53. The molecule has 2 aromatic rings. The molecule has 1 aromatic carbocycles. The molecule has 140 valence electrons. The molecule has 2 rings (SSSR count). The van der Waals surface area contributed by atoms with Crippen molar-refractivity contribution in [2.75, 3.05) is 6.54 Å². The second kappa shape index (κ2) is 8.51. The quantitative estimate of drug-likeness (QED) is 0.636. The highest BCUT2D eigenvalue weighted by Gasteiger charge is 2.31. The Balaban J connectivity index is 2.02. The fourth-order valence-corrected chi connectivity index (χ4v) is 4.18. The van der Waals surface area contributed by atoms with Gasteiger partial charge in [-0.1, -0.05) is 43.6 Å². The molecule has 0 aliphatic rings. The van der Waals surface area contributed by atoms with E-state index in [0.29, 0.717) is 22.7 Å². The van der Waals surface area contributed by atoms with Crippen LogP contribution in [0.3, 0.4) is 0 Å². The number of aliphatic carboxylic acids is 1. The van der Waals surface area contributed by atoms with Crippen LogP contribution in [0.1, 0.15) is 42.8 Å². The van der Waals surface area contributed by atoms with E-state index in [0.717, 1.165) is 10.1 Å². The van der Waals surface area contributed by atoms with E-state index in [-0.39, 0.29) is 13.0 Å². The minimum atomic E-state index is -0.977. The normalized spacial score (nSPS) is 11.3. The summed E-state index contributed by atoms with van der Waals surface area (Å²) < 4.78 is 0.893. The average molecular weight is 397 g/mol. The Morgan fingerprint density at radius 1 is 1.19 bits per heavy atom. The van der Waals surface area contributed by atoms with E-state index >= 15 is 0 Å². The summed E-state index contributed by atoms with van der Waals surface area (Å²) in [7, 11) is 0. The first-order chi connectivity index (χ1) is 12.3. The number of carboxylic acids is 1. The number of carboxylic acid groups (broad SMARTS) is 1. The highest BCUT2D eigenvalue weighted by Crippen LogP contribution is 2.34. The molecule has 0 fully saturated rings. The molecular weight excluding hydrogens is 376 g/mol. The van der Waals surface area contributed by atoms with Gasteiger partial charge in [0.2, 0.25) is 5.91 Å². The Bertz CT molecular complexity index is 830. The topological polar surface area (TPSA) is 95.5 Å². The SMILES string of the molecule is CCC(CC)(CC(=O)O)NC(=O)CNC(=O)c1sc2ccccc2c1Cl. The molecule has 0 aliphatic carbocycles. The van der Waals surface area contributed by atoms with E-state index in [4.69, 9.17) is 16.7 Å². The molecule has 0 unspecified atom stereocenters. The smallest absolute Gasteiger partial charge is 0.305 e. The zero-order valence-corrected chi connectivity index (χ0v) is 16.2. The fourth-order valence-electron chi connectivity index (χ4n) is 2.75. The molecule has 0 radical (unpaired) electrons. The van der Waals surface area contributed by atoms with E-state index in [9.17, 15) is 14.4 Å². The van der Waals surface area contributed by atoms with Gasteiger partial charge in [-0.15, -0.1) is 11.3 Å². The van der Waals surface area contributed by atoms with Crippen molar-refractivity contribution < 1.29 is 19.5 Å². The van der Waals surface area contributed by atoms with Gasteiger partial charge in [-0.05, 0) is 18.9 Å². The van der Waals surface area contributed by atoms with Gasteiger partial charge in [0.05, 0.1) is 23.5 Å². The monoisotopic (exact) mass is 396 g/mol. The van der Waals surface area contributed by atoms with Gasteiger partial charge < -0.3 is 15.7 Å². The van der Waals surface area contributed by atoms with Gasteiger partial charge in [0, 0.05) is 10.1 Å². The number of amides is 2. The Kier molecular flexibility index (Phi) is 6.61. The van der Waals surface area contributed by atoms with Crippen LogP contribution >= 0.6 is 22.9 Å². The van der Waals surface area contributed by atoms with Gasteiger partial charge in [0.25, 0.3) is 5.91 Å².